The normalized spacial score (nSPS) is 19.9. The second kappa shape index (κ2) is 6.08. The molecule has 1 amide bonds. The summed E-state index contributed by atoms with van der Waals surface area (Å²) in [7, 11) is 0. The number of carbonyl (C=O) groups is 1. The Balaban J connectivity index is 1.60. The van der Waals surface area contributed by atoms with Crippen molar-refractivity contribution in [1.29, 1.82) is 0 Å². The van der Waals surface area contributed by atoms with Gasteiger partial charge in [0.05, 0.1) is 6.04 Å². The summed E-state index contributed by atoms with van der Waals surface area (Å²) in [4.78, 5) is 19.0. The molecule has 3 nitrogen and oxygen atoms in total. The average Bonchev–Trinajstić information content (AvgIpc) is 3.30. The highest BCUT2D eigenvalue weighted by Gasteiger charge is 2.45. The third kappa shape index (κ3) is 2.27. The molecule has 6 rings (SSSR count). The van der Waals surface area contributed by atoms with Gasteiger partial charge in [0.1, 0.15) is 0 Å². The monoisotopic (exact) mass is 378 g/mol. The first-order valence-corrected chi connectivity index (χ1v) is 10.4. The van der Waals surface area contributed by atoms with Gasteiger partial charge in [0.15, 0.2) is 0 Å². The van der Waals surface area contributed by atoms with Gasteiger partial charge in [0.2, 0.25) is 0 Å². The first kappa shape index (κ1) is 16.6. The van der Waals surface area contributed by atoms with Gasteiger partial charge in [0.25, 0.3) is 5.91 Å². The van der Waals surface area contributed by atoms with Gasteiger partial charge < -0.3 is 9.88 Å². The first-order valence-electron chi connectivity index (χ1n) is 10.4. The average molecular weight is 378 g/mol. The van der Waals surface area contributed by atoms with Crippen LogP contribution in [0.25, 0.3) is 10.9 Å². The van der Waals surface area contributed by atoms with Crippen molar-refractivity contribution in [3.63, 3.8) is 0 Å². The number of aromatic nitrogens is 1. The van der Waals surface area contributed by atoms with E-state index in [1.807, 2.05) is 18.2 Å². The van der Waals surface area contributed by atoms with Crippen LogP contribution in [0.1, 0.15) is 57.2 Å². The smallest absolute Gasteiger partial charge is 0.255 e. The van der Waals surface area contributed by atoms with E-state index in [2.05, 4.69) is 71.4 Å². The maximum atomic E-state index is 13.2. The molecule has 3 heteroatoms. The van der Waals surface area contributed by atoms with Crippen LogP contribution in [-0.4, -0.2) is 22.3 Å². The zero-order chi connectivity index (χ0) is 19.5. The maximum absolute atomic E-state index is 13.2. The standard InChI is InChI=1S/C26H22N2O/c1-2-16-11-13-17(14-12-16)21-15-28-25(18-7-3-4-8-19(18)26(28)29)24-23(21)20-9-5-6-10-22(20)27-24/h3-14,21,25,27H,2,15H2,1H3. The number of aromatic amines is 1. The lowest BCUT2D eigenvalue weighted by Crippen LogP contribution is -2.37. The topological polar surface area (TPSA) is 36.1 Å². The number of rotatable bonds is 2. The van der Waals surface area contributed by atoms with Gasteiger partial charge in [0, 0.05) is 34.6 Å². The SMILES string of the molecule is CCc1ccc(C2CN3C(=O)c4ccccc4C3c3[nH]c4ccccc4c32)cc1. The van der Waals surface area contributed by atoms with E-state index >= 15 is 0 Å². The molecule has 2 aliphatic rings. The molecular formula is C26H22N2O. The van der Waals surface area contributed by atoms with Crippen molar-refractivity contribution in [3.05, 3.63) is 106 Å². The molecule has 0 spiro atoms. The number of hydrogen-bond acceptors (Lipinski definition) is 1. The Labute approximate surface area is 170 Å². The van der Waals surface area contributed by atoms with E-state index in [4.69, 9.17) is 0 Å². The molecule has 1 N–H and O–H groups in total. The fraction of sp³-hybridized carbons (Fsp3) is 0.192. The molecular weight excluding hydrogens is 356 g/mol. The van der Waals surface area contributed by atoms with Crippen LogP contribution in [0.4, 0.5) is 0 Å². The summed E-state index contributed by atoms with van der Waals surface area (Å²) in [6.45, 7) is 2.89. The fourth-order valence-corrected chi connectivity index (χ4v) is 5.19. The lowest BCUT2D eigenvalue weighted by atomic mass is 9.82. The highest BCUT2D eigenvalue weighted by Crippen LogP contribution is 2.49. The van der Waals surface area contributed by atoms with E-state index in [9.17, 15) is 4.79 Å². The molecule has 2 aliphatic heterocycles. The second-order valence-corrected chi connectivity index (χ2v) is 8.09. The van der Waals surface area contributed by atoms with Crippen LogP contribution in [0, 0.1) is 0 Å². The third-order valence-electron chi connectivity index (χ3n) is 6.63. The minimum Gasteiger partial charge on any atom is -0.356 e. The van der Waals surface area contributed by atoms with Gasteiger partial charge in [-0.2, -0.15) is 0 Å². The van der Waals surface area contributed by atoms with Crippen LogP contribution in [0.2, 0.25) is 0 Å². The number of H-pyrrole nitrogens is 1. The Kier molecular flexibility index (Phi) is 3.48. The largest absolute Gasteiger partial charge is 0.356 e. The molecule has 0 saturated carbocycles. The van der Waals surface area contributed by atoms with Crippen LogP contribution in [0.5, 0.6) is 0 Å². The van der Waals surface area contributed by atoms with Gasteiger partial charge in [-0.3, -0.25) is 4.79 Å². The van der Waals surface area contributed by atoms with Gasteiger partial charge in [-0.15, -0.1) is 0 Å². The van der Waals surface area contributed by atoms with Crippen molar-refractivity contribution in [2.24, 2.45) is 0 Å². The van der Waals surface area contributed by atoms with Crippen LogP contribution in [-0.2, 0) is 6.42 Å². The summed E-state index contributed by atoms with van der Waals surface area (Å²) in [5.41, 5.74) is 8.22. The minimum absolute atomic E-state index is 0.0211. The Bertz CT molecular complexity index is 1250. The molecule has 0 radical (unpaired) electrons. The van der Waals surface area contributed by atoms with E-state index in [1.54, 1.807) is 0 Å². The predicted octanol–water partition coefficient (Wildman–Crippen LogP) is 5.42. The molecule has 0 fully saturated rings. The number of nitrogens with one attached hydrogen (secondary N) is 1. The minimum atomic E-state index is -0.0211. The van der Waals surface area contributed by atoms with E-state index in [1.165, 1.54) is 27.8 Å². The number of benzene rings is 3. The van der Waals surface area contributed by atoms with Gasteiger partial charge in [-0.05, 0) is 40.8 Å². The molecule has 29 heavy (non-hydrogen) atoms. The molecule has 4 aromatic rings. The maximum Gasteiger partial charge on any atom is 0.255 e. The van der Waals surface area contributed by atoms with E-state index in [-0.39, 0.29) is 17.9 Å². The lowest BCUT2D eigenvalue weighted by molar-refractivity contribution is 0.0727. The highest BCUT2D eigenvalue weighted by molar-refractivity contribution is 6.01. The van der Waals surface area contributed by atoms with Crippen LogP contribution >= 0.6 is 0 Å². The van der Waals surface area contributed by atoms with Crippen molar-refractivity contribution >= 4 is 16.8 Å². The zero-order valence-corrected chi connectivity index (χ0v) is 16.4. The number of hydrogen-bond donors (Lipinski definition) is 1. The Morgan fingerprint density at radius 2 is 1.72 bits per heavy atom. The number of nitrogens with zero attached hydrogens (tertiary/aromatic N) is 1. The summed E-state index contributed by atoms with van der Waals surface area (Å²) >= 11 is 0. The zero-order valence-electron chi connectivity index (χ0n) is 16.4. The molecule has 0 aliphatic carbocycles. The Morgan fingerprint density at radius 3 is 2.55 bits per heavy atom. The van der Waals surface area contributed by atoms with Gasteiger partial charge in [-0.25, -0.2) is 0 Å². The van der Waals surface area contributed by atoms with Crippen molar-refractivity contribution in [1.82, 2.24) is 9.88 Å². The van der Waals surface area contributed by atoms with E-state index in [0.29, 0.717) is 6.54 Å². The Hall–Kier alpha value is -3.33. The molecule has 1 aromatic heterocycles. The second-order valence-electron chi connectivity index (χ2n) is 8.09. The predicted molar refractivity (Wildman–Crippen MR) is 115 cm³/mol. The number of para-hydroxylation sites is 1. The van der Waals surface area contributed by atoms with Crippen LogP contribution < -0.4 is 0 Å². The fourth-order valence-electron chi connectivity index (χ4n) is 5.19. The van der Waals surface area contributed by atoms with Gasteiger partial charge >= 0.3 is 0 Å². The number of amides is 1. The molecule has 3 aromatic carbocycles. The summed E-state index contributed by atoms with van der Waals surface area (Å²) < 4.78 is 0. The van der Waals surface area contributed by atoms with Crippen molar-refractivity contribution < 1.29 is 4.79 Å². The van der Waals surface area contributed by atoms with Crippen LogP contribution in [0.15, 0.2) is 72.8 Å². The highest BCUT2D eigenvalue weighted by atomic mass is 16.2. The number of aryl methyl sites for hydroxylation is 1. The Morgan fingerprint density at radius 1 is 0.966 bits per heavy atom. The summed E-state index contributed by atoms with van der Waals surface area (Å²) in [5, 5.41) is 1.27. The quantitative estimate of drug-likeness (QED) is 0.497. The van der Waals surface area contributed by atoms with Crippen molar-refractivity contribution in [3.8, 4) is 0 Å². The third-order valence-corrected chi connectivity index (χ3v) is 6.63. The molecule has 3 heterocycles. The summed E-state index contributed by atoms with van der Waals surface area (Å²) in [6, 6.07) is 25.5. The van der Waals surface area contributed by atoms with Crippen molar-refractivity contribution in [2.45, 2.75) is 25.3 Å². The lowest BCUT2D eigenvalue weighted by Gasteiger charge is -2.36. The molecule has 142 valence electrons. The summed E-state index contributed by atoms with van der Waals surface area (Å²) in [6.07, 6.45) is 1.03. The summed E-state index contributed by atoms with van der Waals surface area (Å²) in [5.74, 6) is 0.312. The van der Waals surface area contributed by atoms with Gasteiger partial charge in [-0.1, -0.05) is 67.6 Å². The van der Waals surface area contributed by atoms with E-state index in [0.717, 1.165) is 23.1 Å². The molecule has 0 saturated heterocycles. The molecule has 0 bridgehead atoms. The van der Waals surface area contributed by atoms with Crippen LogP contribution in [0.3, 0.4) is 0 Å². The number of fused-ring (bicyclic) bond motifs is 7. The van der Waals surface area contributed by atoms with E-state index < -0.39 is 0 Å². The molecule has 2 unspecified atom stereocenters. The van der Waals surface area contributed by atoms with Crippen molar-refractivity contribution in [2.75, 3.05) is 6.54 Å². The molecule has 2 atom stereocenters. The number of carbonyl (C=O) groups excluding carboxylic acids is 1. The first-order chi connectivity index (χ1) is 14.3.